The van der Waals surface area contributed by atoms with E-state index >= 15 is 0 Å². The van der Waals surface area contributed by atoms with Crippen molar-refractivity contribution in [3.63, 3.8) is 0 Å². The maximum absolute atomic E-state index is 11.5. The van der Waals surface area contributed by atoms with Gasteiger partial charge in [-0.25, -0.2) is 4.99 Å². The van der Waals surface area contributed by atoms with Crippen LogP contribution in [0, 0.1) is 0 Å². The molecule has 5 rings (SSSR count). The van der Waals surface area contributed by atoms with Crippen molar-refractivity contribution in [1.82, 2.24) is 9.88 Å². The highest BCUT2D eigenvalue weighted by molar-refractivity contribution is 6.22. The summed E-state index contributed by atoms with van der Waals surface area (Å²) < 4.78 is 0. The van der Waals surface area contributed by atoms with Crippen molar-refractivity contribution in [2.24, 2.45) is 4.99 Å². The molecule has 186 valence electrons. The third kappa shape index (κ3) is 5.78. The van der Waals surface area contributed by atoms with Crippen LogP contribution in [0.2, 0.25) is 0 Å². The molecule has 0 bridgehead atoms. The molecule has 0 spiro atoms. The highest BCUT2D eigenvalue weighted by atomic mass is 35.5. The lowest BCUT2D eigenvalue weighted by atomic mass is 10.0. The lowest BCUT2D eigenvalue weighted by molar-refractivity contribution is -0.114. The van der Waals surface area contributed by atoms with E-state index in [-0.39, 0.29) is 24.2 Å². The molecule has 4 aromatic rings. The number of rotatable bonds is 6. The Morgan fingerprint density at radius 2 is 1.72 bits per heavy atom. The molecule has 1 aliphatic rings. The largest absolute Gasteiger partial charge is 0.494 e. The summed E-state index contributed by atoms with van der Waals surface area (Å²) in [4.78, 5) is 22.0. The fourth-order valence-electron chi connectivity index (χ4n) is 4.75. The molecule has 1 saturated heterocycles. The number of aromatic hydroxyl groups is 1. The van der Waals surface area contributed by atoms with Crippen LogP contribution in [-0.4, -0.2) is 39.7 Å². The number of carbonyl (C=O) groups excluding carboxylic acids is 1. The minimum Gasteiger partial charge on any atom is -0.494 e. The van der Waals surface area contributed by atoms with E-state index < -0.39 is 0 Å². The standard InChI is InChI=1S/C29H30N4O2.ClH/c1-20(34)30-24-14-15-25-26(18-24)32-29(35)27(25)28(22-8-4-2-5-9-22)31-23-12-10-21(11-13-23)19-33-16-6-3-7-17-33;/h2,4-5,8-15,18,32,35H,3,6-7,16-17,19H2,1H3,(H,30,34);1H. The molecule has 1 aromatic heterocycles. The van der Waals surface area contributed by atoms with Gasteiger partial charge in [0.05, 0.1) is 22.5 Å². The zero-order chi connectivity index (χ0) is 24.2. The average molecular weight is 503 g/mol. The van der Waals surface area contributed by atoms with E-state index in [0.29, 0.717) is 17.0 Å². The zero-order valence-electron chi connectivity index (χ0n) is 20.3. The molecule has 1 aliphatic heterocycles. The summed E-state index contributed by atoms with van der Waals surface area (Å²) >= 11 is 0. The van der Waals surface area contributed by atoms with Gasteiger partial charge in [0.25, 0.3) is 0 Å². The molecule has 3 N–H and O–H groups in total. The van der Waals surface area contributed by atoms with Gasteiger partial charge < -0.3 is 15.4 Å². The number of hydrogen-bond donors (Lipinski definition) is 3. The second-order valence-corrected chi connectivity index (χ2v) is 9.12. The molecule has 0 atom stereocenters. The van der Waals surface area contributed by atoms with Crippen molar-refractivity contribution in [3.8, 4) is 5.88 Å². The Balaban J connectivity index is 0.00000304. The highest BCUT2D eigenvalue weighted by Crippen LogP contribution is 2.33. The molecule has 36 heavy (non-hydrogen) atoms. The van der Waals surface area contributed by atoms with Crippen LogP contribution in [0.3, 0.4) is 0 Å². The molecule has 2 heterocycles. The molecular weight excluding hydrogens is 472 g/mol. The van der Waals surface area contributed by atoms with Gasteiger partial charge in [0.2, 0.25) is 5.91 Å². The maximum atomic E-state index is 11.5. The summed E-state index contributed by atoms with van der Waals surface area (Å²) in [6.07, 6.45) is 3.90. The normalized spacial score (nSPS) is 14.4. The second-order valence-electron chi connectivity index (χ2n) is 9.12. The first-order valence-electron chi connectivity index (χ1n) is 12.1. The molecule has 6 nitrogen and oxygen atoms in total. The van der Waals surface area contributed by atoms with E-state index in [2.05, 4.69) is 27.3 Å². The van der Waals surface area contributed by atoms with Crippen molar-refractivity contribution in [2.45, 2.75) is 32.7 Å². The Kier molecular flexibility index (Phi) is 8.08. The Hall–Kier alpha value is -3.61. The number of halogens is 1. The van der Waals surface area contributed by atoms with Crippen molar-refractivity contribution >= 4 is 46.3 Å². The number of piperidine rings is 1. The van der Waals surface area contributed by atoms with Gasteiger partial charge in [-0.15, -0.1) is 12.4 Å². The Bertz CT molecular complexity index is 1360. The average Bonchev–Trinajstić information content (AvgIpc) is 3.19. The van der Waals surface area contributed by atoms with Crippen LogP contribution in [0.4, 0.5) is 11.4 Å². The number of benzene rings is 3. The van der Waals surface area contributed by atoms with Gasteiger partial charge in [0, 0.05) is 30.1 Å². The van der Waals surface area contributed by atoms with Gasteiger partial charge in [0.1, 0.15) is 0 Å². The first-order valence-corrected chi connectivity index (χ1v) is 12.1. The molecule has 3 aromatic carbocycles. The van der Waals surface area contributed by atoms with Gasteiger partial charge in [-0.2, -0.15) is 0 Å². The first-order chi connectivity index (χ1) is 17.1. The summed E-state index contributed by atoms with van der Waals surface area (Å²) in [5.41, 5.74) is 5.74. The number of aromatic nitrogens is 1. The van der Waals surface area contributed by atoms with Gasteiger partial charge in [-0.05, 0) is 61.8 Å². The van der Waals surface area contributed by atoms with E-state index in [9.17, 15) is 9.90 Å². The quantitative estimate of drug-likeness (QED) is 0.266. The number of aliphatic imine (C=N–C) groups is 1. The van der Waals surface area contributed by atoms with E-state index in [4.69, 9.17) is 4.99 Å². The molecular formula is C29H31ClN4O2. The number of nitrogens with zero attached hydrogens (tertiary/aromatic N) is 2. The van der Waals surface area contributed by atoms with Crippen LogP contribution in [-0.2, 0) is 11.3 Å². The maximum Gasteiger partial charge on any atom is 0.221 e. The number of carbonyl (C=O) groups is 1. The van der Waals surface area contributed by atoms with Crippen LogP contribution in [0.1, 0.15) is 42.9 Å². The summed E-state index contributed by atoms with van der Waals surface area (Å²) in [7, 11) is 0. The second kappa shape index (κ2) is 11.4. The van der Waals surface area contributed by atoms with Crippen molar-refractivity contribution in [1.29, 1.82) is 0 Å². The number of hydrogen-bond acceptors (Lipinski definition) is 4. The van der Waals surface area contributed by atoms with E-state index in [1.165, 1.54) is 44.8 Å². The number of aromatic amines is 1. The number of fused-ring (bicyclic) bond motifs is 1. The van der Waals surface area contributed by atoms with Crippen LogP contribution in [0.25, 0.3) is 10.9 Å². The van der Waals surface area contributed by atoms with Crippen LogP contribution in [0.15, 0.2) is 77.8 Å². The number of amides is 1. The number of likely N-dealkylation sites (tertiary alicyclic amines) is 1. The summed E-state index contributed by atoms with van der Waals surface area (Å²) in [6, 6.07) is 23.8. The number of H-pyrrole nitrogens is 1. The van der Waals surface area contributed by atoms with Gasteiger partial charge in [-0.1, -0.05) is 48.9 Å². The topological polar surface area (TPSA) is 80.7 Å². The molecule has 0 radical (unpaired) electrons. The minimum absolute atomic E-state index is 0. The molecule has 1 fully saturated rings. The van der Waals surface area contributed by atoms with Gasteiger partial charge in [0.15, 0.2) is 5.88 Å². The Morgan fingerprint density at radius 3 is 2.42 bits per heavy atom. The first kappa shape index (κ1) is 25.5. The predicted molar refractivity (Wildman–Crippen MR) is 149 cm³/mol. The molecule has 7 heteroatoms. The van der Waals surface area contributed by atoms with E-state index in [1.54, 1.807) is 0 Å². The van der Waals surface area contributed by atoms with Gasteiger partial charge >= 0.3 is 0 Å². The molecule has 1 amide bonds. The highest BCUT2D eigenvalue weighted by Gasteiger charge is 2.19. The van der Waals surface area contributed by atoms with Crippen LogP contribution >= 0.6 is 12.4 Å². The lowest BCUT2D eigenvalue weighted by Crippen LogP contribution is -2.28. The summed E-state index contributed by atoms with van der Waals surface area (Å²) in [6.45, 7) is 4.78. The monoisotopic (exact) mass is 502 g/mol. The summed E-state index contributed by atoms with van der Waals surface area (Å²) in [5.74, 6) is -0.0973. The zero-order valence-corrected chi connectivity index (χ0v) is 21.1. The summed E-state index contributed by atoms with van der Waals surface area (Å²) in [5, 5.41) is 14.5. The van der Waals surface area contributed by atoms with Gasteiger partial charge in [-0.3, -0.25) is 9.69 Å². The fourth-order valence-corrected chi connectivity index (χ4v) is 4.75. The third-order valence-electron chi connectivity index (χ3n) is 6.42. The SMILES string of the molecule is CC(=O)Nc1ccc2c(C(=Nc3ccc(CN4CCCCC4)cc3)c3ccccc3)c(O)[nH]c2c1.Cl. The minimum atomic E-state index is -0.143. The fraction of sp³-hybridized carbons (Fsp3) is 0.241. The predicted octanol–water partition coefficient (Wildman–Crippen LogP) is 6.41. The van der Waals surface area contributed by atoms with Crippen molar-refractivity contribution in [3.05, 3.63) is 89.5 Å². The lowest BCUT2D eigenvalue weighted by Gasteiger charge is -2.26. The molecule has 0 saturated carbocycles. The third-order valence-corrected chi connectivity index (χ3v) is 6.42. The van der Waals surface area contributed by atoms with E-state index in [0.717, 1.165) is 28.7 Å². The van der Waals surface area contributed by atoms with E-state index in [1.807, 2.05) is 60.7 Å². The smallest absolute Gasteiger partial charge is 0.221 e. The number of nitrogens with one attached hydrogen (secondary N) is 2. The molecule has 0 unspecified atom stereocenters. The molecule has 0 aliphatic carbocycles. The Morgan fingerprint density at radius 1 is 1.00 bits per heavy atom. The van der Waals surface area contributed by atoms with Crippen LogP contribution in [0.5, 0.6) is 5.88 Å². The Labute approximate surface area is 217 Å². The van der Waals surface area contributed by atoms with Crippen LogP contribution < -0.4 is 5.32 Å². The van der Waals surface area contributed by atoms with Crippen molar-refractivity contribution < 1.29 is 9.90 Å². The van der Waals surface area contributed by atoms with Crippen molar-refractivity contribution in [2.75, 3.05) is 18.4 Å². The number of anilines is 1.